The highest BCUT2D eigenvalue weighted by Gasteiger charge is 2.62. The van der Waals surface area contributed by atoms with Crippen LogP contribution in [0.25, 0.3) is 6.08 Å². The van der Waals surface area contributed by atoms with Crippen molar-refractivity contribution in [1.82, 2.24) is 0 Å². The third-order valence-electron chi connectivity index (χ3n) is 5.88. The zero-order chi connectivity index (χ0) is 20.6. The summed E-state index contributed by atoms with van der Waals surface area (Å²) in [5, 5.41) is 20.4. The van der Waals surface area contributed by atoms with Crippen molar-refractivity contribution in [2.24, 2.45) is 5.41 Å². The molecule has 4 rings (SSSR count). The normalized spacial score (nSPS) is 23.4. The summed E-state index contributed by atoms with van der Waals surface area (Å²) >= 11 is 0. The molecule has 0 aliphatic carbocycles. The van der Waals surface area contributed by atoms with Gasteiger partial charge in [0.1, 0.15) is 5.75 Å². The molecular weight excluding hydrogens is 362 g/mol. The molecule has 0 amide bonds. The van der Waals surface area contributed by atoms with Crippen LogP contribution in [0.5, 0.6) is 5.75 Å². The van der Waals surface area contributed by atoms with Gasteiger partial charge < -0.3 is 9.64 Å². The number of benzene rings is 2. The molecule has 2 aliphatic heterocycles. The Morgan fingerprint density at radius 3 is 2.45 bits per heavy atom. The van der Waals surface area contributed by atoms with Gasteiger partial charge >= 0.3 is 0 Å². The number of ether oxygens (including phenoxy) is 1. The first-order valence-corrected chi connectivity index (χ1v) is 9.68. The van der Waals surface area contributed by atoms with Gasteiger partial charge in [-0.15, -0.1) is 0 Å². The summed E-state index contributed by atoms with van der Waals surface area (Å²) in [4.78, 5) is 14.8. The van der Waals surface area contributed by atoms with Gasteiger partial charge in [-0.3, -0.25) is 4.79 Å². The van der Waals surface area contributed by atoms with Gasteiger partial charge in [-0.05, 0) is 43.2 Å². The average Bonchev–Trinajstić information content (AvgIpc) is 3.06. The summed E-state index contributed by atoms with van der Waals surface area (Å²) in [5.41, 5.74) is 1.26. The zero-order valence-corrected chi connectivity index (χ0v) is 16.4. The summed E-state index contributed by atoms with van der Waals surface area (Å²) in [7, 11) is 0. The van der Waals surface area contributed by atoms with Crippen molar-refractivity contribution in [3.05, 3.63) is 65.7 Å². The fourth-order valence-corrected chi connectivity index (χ4v) is 4.70. The lowest BCUT2D eigenvalue weighted by Gasteiger charge is -2.35. The molecule has 1 fully saturated rings. The Morgan fingerprint density at radius 1 is 1.14 bits per heavy atom. The molecule has 144 valence electrons. The number of carbonyl (C=O) groups is 1. The monoisotopic (exact) mass is 383 g/mol. The summed E-state index contributed by atoms with van der Waals surface area (Å²) in [6.07, 6.45) is 3.83. The number of anilines is 1. The Hall–Kier alpha value is -3.57. The molecule has 1 saturated heterocycles. The zero-order valence-electron chi connectivity index (χ0n) is 16.4. The number of nitriles is 2. The number of nitrogens with zero attached hydrogens (tertiary/aromatic N) is 3. The lowest BCUT2D eigenvalue weighted by Crippen LogP contribution is -2.43. The number of fused-ring (bicyclic) bond motifs is 3. The lowest BCUT2D eigenvalue weighted by atomic mass is 9.69. The Labute approximate surface area is 170 Å². The van der Waals surface area contributed by atoms with Crippen molar-refractivity contribution in [3.63, 3.8) is 0 Å². The van der Waals surface area contributed by atoms with Gasteiger partial charge in [-0.2, -0.15) is 10.5 Å². The Balaban J connectivity index is 1.92. The molecule has 2 aromatic rings. The molecule has 2 heterocycles. The van der Waals surface area contributed by atoms with Crippen LogP contribution in [0.3, 0.4) is 0 Å². The maximum atomic E-state index is 12.9. The maximum Gasteiger partial charge on any atom is 0.176 e. The Kier molecular flexibility index (Phi) is 4.60. The van der Waals surface area contributed by atoms with Crippen LogP contribution in [-0.2, 0) is 4.79 Å². The van der Waals surface area contributed by atoms with Crippen molar-refractivity contribution in [2.75, 3.05) is 11.5 Å². The molecule has 0 spiro atoms. The molecule has 0 N–H and O–H groups in total. The number of hydrogen-bond acceptors (Lipinski definition) is 5. The van der Waals surface area contributed by atoms with Crippen LogP contribution in [0.4, 0.5) is 5.69 Å². The average molecular weight is 383 g/mol. The number of Topliss-reactive ketones (excluding diaryl/α,β-unsaturated/α-hetero) is 1. The summed E-state index contributed by atoms with van der Waals surface area (Å²) in [6, 6.07) is 18.6. The predicted octanol–water partition coefficient (Wildman–Crippen LogP) is 4.08. The Morgan fingerprint density at radius 2 is 1.83 bits per heavy atom. The minimum absolute atomic E-state index is 0.0636. The van der Waals surface area contributed by atoms with Crippen LogP contribution in [-0.4, -0.2) is 24.5 Å². The highest BCUT2D eigenvalue weighted by atomic mass is 16.5. The van der Waals surface area contributed by atoms with E-state index in [-0.39, 0.29) is 5.78 Å². The molecule has 2 aromatic carbocycles. The molecule has 0 saturated carbocycles. The van der Waals surface area contributed by atoms with Crippen molar-refractivity contribution < 1.29 is 9.53 Å². The SMILES string of the molecule is CCOc1ccc([C@@H]2[C@@H](C(C)=O)N3c4ccccc4C=C[C@@H]3C2(C#N)C#N)cc1. The van der Waals surface area contributed by atoms with E-state index in [4.69, 9.17) is 4.74 Å². The molecule has 5 heteroatoms. The largest absolute Gasteiger partial charge is 0.494 e. The van der Waals surface area contributed by atoms with E-state index in [1.54, 1.807) is 0 Å². The third kappa shape index (κ3) is 2.70. The second-order valence-electron chi connectivity index (χ2n) is 7.40. The maximum absolute atomic E-state index is 12.9. The second kappa shape index (κ2) is 7.11. The van der Waals surface area contributed by atoms with E-state index in [0.29, 0.717) is 6.61 Å². The van der Waals surface area contributed by atoms with Crippen LogP contribution in [0.1, 0.15) is 30.9 Å². The third-order valence-corrected chi connectivity index (χ3v) is 5.88. The van der Waals surface area contributed by atoms with Gasteiger partial charge in [0.25, 0.3) is 0 Å². The molecule has 5 nitrogen and oxygen atoms in total. The molecule has 2 aliphatic rings. The number of rotatable bonds is 4. The standard InChI is InChI=1S/C24H21N3O2/c1-3-29-19-11-8-18(9-12-19)22-23(16(2)28)27-20-7-5-4-6-17(20)10-13-21(27)24(22,14-25)15-26/h4-13,21-23H,3H2,1-2H3/t21-,22-,23-/m1/s1. The van der Waals surface area contributed by atoms with Crippen LogP contribution < -0.4 is 9.64 Å². The van der Waals surface area contributed by atoms with Crippen molar-refractivity contribution >= 4 is 17.5 Å². The number of para-hydroxylation sites is 1. The van der Waals surface area contributed by atoms with E-state index in [0.717, 1.165) is 22.6 Å². The number of hydrogen-bond donors (Lipinski definition) is 0. The highest BCUT2D eigenvalue weighted by molar-refractivity contribution is 5.91. The lowest BCUT2D eigenvalue weighted by molar-refractivity contribution is -0.118. The predicted molar refractivity (Wildman–Crippen MR) is 110 cm³/mol. The van der Waals surface area contributed by atoms with Gasteiger partial charge in [-0.1, -0.05) is 42.5 Å². The molecule has 0 unspecified atom stereocenters. The van der Waals surface area contributed by atoms with Gasteiger partial charge in [0.15, 0.2) is 11.2 Å². The molecule has 29 heavy (non-hydrogen) atoms. The first-order valence-electron chi connectivity index (χ1n) is 9.68. The topological polar surface area (TPSA) is 77.1 Å². The molecule has 3 atom stereocenters. The van der Waals surface area contributed by atoms with E-state index < -0.39 is 23.4 Å². The van der Waals surface area contributed by atoms with E-state index in [1.165, 1.54) is 6.92 Å². The fourth-order valence-electron chi connectivity index (χ4n) is 4.70. The molecular formula is C24H21N3O2. The van der Waals surface area contributed by atoms with E-state index in [1.807, 2.05) is 72.5 Å². The summed E-state index contributed by atoms with van der Waals surface area (Å²) in [6.45, 7) is 4.00. The quantitative estimate of drug-likeness (QED) is 0.795. The van der Waals surface area contributed by atoms with Crippen molar-refractivity contribution in [1.29, 1.82) is 10.5 Å². The van der Waals surface area contributed by atoms with Crippen LogP contribution >= 0.6 is 0 Å². The van der Waals surface area contributed by atoms with E-state index in [9.17, 15) is 15.3 Å². The second-order valence-corrected chi connectivity index (χ2v) is 7.40. The van der Waals surface area contributed by atoms with Gasteiger partial charge in [0.05, 0.1) is 30.8 Å². The van der Waals surface area contributed by atoms with Crippen LogP contribution in [0, 0.1) is 28.1 Å². The number of ketones is 1. The van der Waals surface area contributed by atoms with Gasteiger partial charge in [0.2, 0.25) is 0 Å². The van der Waals surface area contributed by atoms with E-state index >= 15 is 0 Å². The minimum atomic E-state index is -1.38. The summed E-state index contributed by atoms with van der Waals surface area (Å²) < 4.78 is 5.52. The van der Waals surface area contributed by atoms with Gasteiger partial charge in [0, 0.05) is 11.6 Å². The Bertz CT molecular complexity index is 1040. The van der Waals surface area contributed by atoms with E-state index in [2.05, 4.69) is 12.1 Å². The molecule has 0 bridgehead atoms. The first-order chi connectivity index (χ1) is 14.1. The smallest absolute Gasteiger partial charge is 0.176 e. The molecule has 0 aromatic heterocycles. The van der Waals surface area contributed by atoms with Crippen LogP contribution in [0.2, 0.25) is 0 Å². The minimum Gasteiger partial charge on any atom is -0.494 e. The molecule has 0 radical (unpaired) electrons. The van der Waals surface area contributed by atoms with Crippen molar-refractivity contribution in [3.8, 4) is 17.9 Å². The number of carbonyl (C=O) groups excluding carboxylic acids is 1. The highest BCUT2D eigenvalue weighted by Crippen LogP contribution is 2.55. The summed E-state index contributed by atoms with van der Waals surface area (Å²) in [5.74, 6) is 0.0777. The fraction of sp³-hybridized carbons (Fsp3) is 0.292. The van der Waals surface area contributed by atoms with Crippen LogP contribution in [0.15, 0.2) is 54.6 Å². The van der Waals surface area contributed by atoms with Gasteiger partial charge in [-0.25, -0.2) is 0 Å². The first kappa shape index (κ1) is 18.8. The van der Waals surface area contributed by atoms with Crippen molar-refractivity contribution in [2.45, 2.75) is 31.8 Å².